The summed E-state index contributed by atoms with van der Waals surface area (Å²) in [5, 5.41) is 3.09. The molecule has 2 rings (SSSR count). The van der Waals surface area contributed by atoms with Gasteiger partial charge < -0.3 is 4.74 Å². The van der Waals surface area contributed by atoms with Gasteiger partial charge in [0.2, 0.25) is 0 Å². The largest absolute Gasteiger partial charge is 0.494 e. The first-order valence-corrected chi connectivity index (χ1v) is 7.48. The van der Waals surface area contributed by atoms with Crippen LogP contribution in [0, 0.1) is 0 Å². The van der Waals surface area contributed by atoms with Crippen molar-refractivity contribution in [2.75, 3.05) is 12.5 Å². The second-order valence-electron chi connectivity index (χ2n) is 3.96. The number of ether oxygens (including phenoxy) is 1. The highest BCUT2D eigenvalue weighted by Crippen LogP contribution is 2.27. The van der Waals surface area contributed by atoms with E-state index in [0.29, 0.717) is 5.88 Å². The van der Waals surface area contributed by atoms with Gasteiger partial charge in [-0.15, -0.1) is 22.9 Å². The van der Waals surface area contributed by atoms with Gasteiger partial charge >= 0.3 is 0 Å². The normalized spacial score (nSPS) is 10.6. The number of thiazole rings is 1. The highest BCUT2D eigenvalue weighted by Gasteiger charge is 2.05. The smallest absolute Gasteiger partial charge is 0.123 e. The first kappa shape index (κ1) is 13.4. The standard InChI is InChI=1S/C14H16ClNOS/c1-2-8-17-13-5-3-4-11(9-13)14-16-12(6-7-15)10-18-14/h3-5,9-10H,2,6-8H2,1H3. The van der Waals surface area contributed by atoms with E-state index in [4.69, 9.17) is 16.3 Å². The maximum atomic E-state index is 5.72. The van der Waals surface area contributed by atoms with Gasteiger partial charge in [0, 0.05) is 23.2 Å². The molecule has 1 aromatic carbocycles. The zero-order valence-corrected chi connectivity index (χ0v) is 11.9. The molecule has 18 heavy (non-hydrogen) atoms. The molecule has 2 aromatic rings. The van der Waals surface area contributed by atoms with Crippen LogP contribution in [0.3, 0.4) is 0 Å². The fourth-order valence-corrected chi connectivity index (χ4v) is 2.63. The molecule has 0 saturated carbocycles. The molecular weight excluding hydrogens is 266 g/mol. The first-order valence-electron chi connectivity index (χ1n) is 6.07. The number of hydrogen-bond acceptors (Lipinski definition) is 3. The number of aromatic nitrogens is 1. The van der Waals surface area contributed by atoms with Gasteiger partial charge in [-0.1, -0.05) is 19.1 Å². The van der Waals surface area contributed by atoms with Gasteiger partial charge in [-0.2, -0.15) is 0 Å². The van der Waals surface area contributed by atoms with Crippen molar-refractivity contribution in [3.8, 4) is 16.3 Å². The Hall–Kier alpha value is -1.06. The molecule has 96 valence electrons. The Morgan fingerprint density at radius 3 is 3.06 bits per heavy atom. The second-order valence-corrected chi connectivity index (χ2v) is 5.20. The number of nitrogens with zero attached hydrogens (tertiary/aromatic N) is 1. The van der Waals surface area contributed by atoms with Crippen molar-refractivity contribution in [2.24, 2.45) is 0 Å². The predicted molar refractivity (Wildman–Crippen MR) is 77.8 cm³/mol. The van der Waals surface area contributed by atoms with Crippen molar-refractivity contribution in [1.82, 2.24) is 4.98 Å². The number of halogens is 1. The zero-order chi connectivity index (χ0) is 12.8. The molecule has 0 aliphatic rings. The summed E-state index contributed by atoms with van der Waals surface area (Å²) in [7, 11) is 0. The van der Waals surface area contributed by atoms with E-state index in [1.807, 2.05) is 18.2 Å². The summed E-state index contributed by atoms with van der Waals surface area (Å²) in [5.41, 5.74) is 2.17. The molecule has 0 aliphatic heterocycles. The minimum atomic E-state index is 0.614. The van der Waals surface area contributed by atoms with Gasteiger partial charge in [-0.25, -0.2) is 4.98 Å². The van der Waals surface area contributed by atoms with Gasteiger partial charge in [0.25, 0.3) is 0 Å². The Bertz CT molecular complexity index is 498. The lowest BCUT2D eigenvalue weighted by Crippen LogP contribution is -1.94. The molecule has 1 aromatic heterocycles. The molecule has 0 aliphatic carbocycles. The molecule has 0 saturated heterocycles. The fraction of sp³-hybridized carbons (Fsp3) is 0.357. The van der Waals surface area contributed by atoms with Crippen LogP contribution in [0.2, 0.25) is 0 Å². The fourth-order valence-electron chi connectivity index (χ4n) is 1.59. The van der Waals surface area contributed by atoms with E-state index in [0.717, 1.165) is 41.5 Å². The molecular formula is C14H16ClNOS. The van der Waals surface area contributed by atoms with Gasteiger partial charge in [-0.05, 0) is 18.6 Å². The third-order valence-electron chi connectivity index (χ3n) is 2.46. The van der Waals surface area contributed by atoms with Crippen molar-refractivity contribution in [2.45, 2.75) is 19.8 Å². The maximum Gasteiger partial charge on any atom is 0.123 e. The minimum absolute atomic E-state index is 0.614. The van der Waals surface area contributed by atoms with Gasteiger partial charge in [-0.3, -0.25) is 0 Å². The molecule has 0 spiro atoms. The molecule has 0 atom stereocenters. The van der Waals surface area contributed by atoms with Crippen molar-refractivity contribution in [1.29, 1.82) is 0 Å². The number of alkyl halides is 1. The number of rotatable bonds is 6. The summed E-state index contributed by atoms with van der Waals surface area (Å²) in [4.78, 5) is 4.57. The molecule has 4 heteroatoms. The molecule has 0 fully saturated rings. The minimum Gasteiger partial charge on any atom is -0.494 e. The van der Waals surface area contributed by atoms with Crippen molar-refractivity contribution >= 4 is 22.9 Å². The van der Waals surface area contributed by atoms with Crippen LogP contribution < -0.4 is 4.74 Å². The Morgan fingerprint density at radius 1 is 1.39 bits per heavy atom. The summed E-state index contributed by atoms with van der Waals surface area (Å²) < 4.78 is 5.63. The monoisotopic (exact) mass is 281 g/mol. The topological polar surface area (TPSA) is 22.1 Å². The number of aryl methyl sites for hydroxylation is 1. The van der Waals surface area contributed by atoms with Crippen LogP contribution in [-0.2, 0) is 6.42 Å². The quantitative estimate of drug-likeness (QED) is 0.733. The van der Waals surface area contributed by atoms with E-state index >= 15 is 0 Å². The maximum absolute atomic E-state index is 5.72. The van der Waals surface area contributed by atoms with Crippen LogP contribution in [0.5, 0.6) is 5.75 Å². The summed E-state index contributed by atoms with van der Waals surface area (Å²) in [6, 6.07) is 8.08. The Kier molecular flexibility index (Phi) is 5.02. The lowest BCUT2D eigenvalue weighted by Gasteiger charge is -2.05. The number of benzene rings is 1. The van der Waals surface area contributed by atoms with Crippen molar-refractivity contribution < 1.29 is 4.74 Å². The van der Waals surface area contributed by atoms with E-state index in [1.165, 1.54) is 0 Å². The van der Waals surface area contributed by atoms with E-state index in [1.54, 1.807) is 11.3 Å². The Labute approximate surface area is 117 Å². The Balaban J connectivity index is 2.15. The molecule has 1 heterocycles. The van der Waals surface area contributed by atoms with Crippen LogP contribution in [0.15, 0.2) is 29.6 Å². The number of hydrogen-bond donors (Lipinski definition) is 0. The van der Waals surface area contributed by atoms with Crippen LogP contribution in [0.25, 0.3) is 10.6 Å². The summed E-state index contributed by atoms with van der Waals surface area (Å²) in [6.07, 6.45) is 1.84. The third-order valence-corrected chi connectivity index (χ3v) is 3.59. The van der Waals surface area contributed by atoms with Gasteiger partial charge in [0.15, 0.2) is 0 Å². The average Bonchev–Trinajstić information content (AvgIpc) is 2.86. The molecule has 0 bridgehead atoms. The third kappa shape index (κ3) is 3.47. The zero-order valence-electron chi connectivity index (χ0n) is 10.4. The molecule has 2 nitrogen and oxygen atoms in total. The van der Waals surface area contributed by atoms with E-state index in [2.05, 4.69) is 23.4 Å². The summed E-state index contributed by atoms with van der Waals surface area (Å²) >= 11 is 7.37. The van der Waals surface area contributed by atoms with Crippen LogP contribution >= 0.6 is 22.9 Å². The Morgan fingerprint density at radius 2 is 2.28 bits per heavy atom. The SMILES string of the molecule is CCCOc1cccc(-c2nc(CCCl)cs2)c1. The summed E-state index contributed by atoms with van der Waals surface area (Å²) in [5.74, 6) is 1.52. The molecule has 0 unspecified atom stereocenters. The highest BCUT2D eigenvalue weighted by atomic mass is 35.5. The molecule has 0 N–H and O–H groups in total. The van der Waals surface area contributed by atoms with Gasteiger partial charge in [0.1, 0.15) is 10.8 Å². The van der Waals surface area contributed by atoms with E-state index in [9.17, 15) is 0 Å². The lowest BCUT2D eigenvalue weighted by molar-refractivity contribution is 0.317. The highest BCUT2D eigenvalue weighted by molar-refractivity contribution is 7.13. The van der Waals surface area contributed by atoms with E-state index in [-0.39, 0.29) is 0 Å². The second kappa shape index (κ2) is 6.76. The average molecular weight is 282 g/mol. The van der Waals surface area contributed by atoms with Crippen LogP contribution in [0.4, 0.5) is 0 Å². The van der Waals surface area contributed by atoms with Crippen LogP contribution in [-0.4, -0.2) is 17.5 Å². The summed E-state index contributed by atoms with van der Waals surface area (Å²) in [6.45, 7) is 2.85. The molecule has 0 radical (unpaired) electrons. The lowest BCUT2D eigenvalue weighted by atomic mass is 10.2. The van der Waals surface area contributed by atoms with E-state index < -0.39 is 0 Å². The van der Waals surface area contributed by atoms with Crippen molar-refractivity contribution in [3.05, 3.63) is 35.3 Å². The predicted octanol–water partition coefficient (Wildman–Crippen LogP) is 4.38. The van der Waals surface area contributed by atoms with Gasteiger partial charge in [0.05, 0.1) is 12.3 Å². The first-order chi connectivity index (χ1) is 8.83. The molecule has 0 amide bonds. The van der Waals surface area contributed by atoms with Crippen LogP contribution in [0.1, 0.15) is 19.0 Å². The van der Waals surface area contributed by atoms with Crippen molar-refractivity contribution in [3.63, 3.8) is 0 Å².